The van der Waals surface area contributed by atoms with Crippen molar-refractivity contribution in [2.45, 2.75) is 6.42 Å². The molecule has 6 heteroatoms. The van der Waals surface area contributed by atoms with E-state index in [-0.39, 0.29) is 5.56 Å². The summed E-state index contributed by atoms with van der Waals surface area (Å²) in [7, 11) is 0. The zero-order chi connectivity index (χ0) is 12.1. The van der Waals surface area contributed by atoms with E-state index < -0.39 is 22.2 Å². The predicted molar refractivity (Wildman–Crippen MR) is 60.0 cm³/mol. The summed E-state index contributed by atoms with van der Waals surface area (Å²) in [6.45, 7) is 0. The molecule has 4 nitrogen and oxygen atoms in total. The standard InChI is InChI=1S/C10H7BrFNO3/c11-4-2-1-3-7-5-8(12)6-9(10(7)14)13(15)16/h5-6,14H,2,4H2. The van der Waals surface area contributed by atoms with Crippen LogP contribution in [0.5, 0.6) is 5.75 Å². The molecule has 0 saturated heterocycles. The van der Waals surface area contributed by atoms with Crippen molar-refractivity contribution in [3.8, 4) is 17.6 Å². The first-order chi connectivity index (χ1) is 7.56. The number of rotatable bonds is 2. The van der Waals surface area contributed by atoms with Crippen LogP contribution in [0.1, 0.15) is 12.0 Å². The number of hydrogen-bond acceptors (Lipinski definition) is 3. The van der Waals surface area contributed by atoms with Crippen LogP contribution in [0.2, 0.25) is 0 Å². The van der Waals surface area contributed by atoms with Gasteiger partial charge in [-0.1, -0.05) is 27.8 Å². The highest BCUT2D eigenvalue weighted by Crippen LogP contribution is 2.30. The van der Waals surface area contributed by atoms with Crippen LogP contribution in [-0.4, -0.2) is 15.4 Å². The molecule has 0 spiro atoms. The van der Waals surface area contributed by atoms with Gasteiger partial charge in [-0.3, -0.25) is 10.1 Å². The number of nitro groups is 1. The van der Waals surface area contributed by atoms with E-state index in [1.54, 1.807) is 0 Å². The summed E-state index contributed by atoms with van der Waals surface area (Å²) in [5, 5.41) is 20.6. The largest absolute Gasteiger partial charge is 0.501 e. The monoisotopic (exact) mass is 287 g/mol. The van der Waals surface area contributed by atoms with E-state index in [1.807, 2.05) is 0 Å². The first-order valence-corrected chi connectivity index (χ1v) is 5.40. The molecular weight excluding hydrogens is 281 g/mol. The van der Waals surface area contributed by atoms with Crippen molar-refractivity contribution in [3.05, 3.63) is 33.6 Å². The van der Waals surface area contributed by atoms with Gasteiger partial charge in [0.25, 0.3) is 0 Å². The fourth-order valence-electron chi connectivity index (χ4n) is 1.02. The van der Waals surface area contributed by atoms with E-state index >= 15 is 0 Å². The Kier molecular flexibility index (Phi) is 4.26. The minimum Gasteiger partial charge on any atom is -0.501 e. The van der Waals surface area contributed by atoms with Gasteiger partial charge in [0.05, 0.1) is 16.6 Å². The molecule has 0 fully saturated rings. The van der Waals surface area contributed by atoms with Crippen LogP contribution in [0.15, 0.2) is 12.1 Å². The van der Waals surface area contributed by atoms with Gasteiger partial charge in [0.15, 0.2) is 0 Å². The lowest BCUT2D eigenvalue weighted by Gasteiger charge is -1.99. The molecule has 1 N–H and O–H groups in total. The topological polar surface area (TPSA) is 63.4 Å². The number of benzene rings is 1. The smallest absolute Gasteiger partial charge is 0.314 e. The molecule has 1 aromatic rings. The molecule has 16 heavy (non-hydrogen) atoms. The van der Waals surface area contributed by atoms with Crippen LogP contribution >= 0.6 is 15.9 Å². The number of phenolic OH excluding ortho intramolecular Hbond substituents is 1. The van der Waals surface area contributed by atoms with E-state index in [4.69, 9.17) is 0 Å². The summed E-state index contributed by atoms with van der Waals surface area (Å²) in [4.78, 5) is 9.63. The Bertz CT molecular complexity index is 479. The van der Waals surface area contributed by atoms with Gasteiger partial charge in [0.2, 0.25) is 5.75 Å². The van der Waals surface area contributed by atoms with Gasteiger partial charge >= 0.3 is 5.69 Å². The highest BCUT2D eigenvalue weighted by Gasteiger charge is 2.18. The van der Waals surface area contributed by atoms with Gasteiger partial charge in [-0.25, -0.2) is 4.39 Å². The van der Waals surface area contributed by atoms with Gasteiger partial charge in [0, 0.05) is 11.8 Å². The molecule has 0 saturated carbocycles. The zero-order valence-corrected chi connectivity index (χ0v) is 9.62. The van der Waals surface area contributed by atoms with E-state index in [1.165, 1.54) is 0 Å². The number of nitrogens with zero attached hydrogens (tertiary/aromatic N) is 1. The number of alkyl halides is 1. The molecular formula is C10H7BrFNO3. The maximum Gasteiger partial charge on any atom is 0.314 e. The molecule has 1 rings (SSSR count). The summed E-state index contributed by atoms with van der Waals surface area (Å²) in [6, 6.07) is 1.62. The average molecular weight is 288 g/mol. The Hall–Kier alpha value is -1.61. The summed E-state index contributed by atoms with van der Waals surface area (Å²) in [6.07, 6.45) is 0.504. The van der Waals surface area contributed by atoms with Crippen molar-refractivity contribution in [3.63, 3.8) is 0 Å². The second-order valence-corrected chi connectivity index (χ2v) is 3.61. The lowest BCUT2D eigenvalue weighted by Crippen LogP contribution is -1.92. The van der Waals surface area contributed by atoms with Crippen LogP contribution in [0.25, 0.3) is 0 Å². The Morgan fingerprint density at radius 1 is 1.56 bits per heavy atom. The Morgan fingerprint density at radius 2 is 2.25 bits per heavy atom. The van der Waals surface area contributed by atoms with Gasteiger partial charge in [0.1, 0.15) is 5.82 Å². The second kappa shape index (κ2) is 5.47. The van der Waals surface area contributed by atoms with Gasteiger partial charge < -0.3 is 5.11 Å². The van der Waals surface area contributed by atoms with Crippen molar-refractivity contribution in [1.29, 1.82) is 0 Å². The summed E-state index contributed by atoms with van der Waals surface area (Å²) in [5.41, 5.74) is -0.754. The molecule has 0 aliphatic rings. The van der Waals surface area contributed by atoms with Crippen molar-refractivity contribution in [2.75, 3.05) is 5.33 Å². The number of halogens is 2. The van der Waals surface area contributed by atoms with Crippen LogP contribution in [0.4, 0.5) is 10.1 Å². The Labute approximate surface area is 99.4 Å². The van der Waals surface area contributed by atoms with E-state index in [0.717, 1.165) is 6.07 Å². The highest BCUT2D eigenvalue weighted by atomic mass is 79.9. The van der Waals surface area contributed by atoms with Crippen molar-refractivity contribution < 1.29 is 14.4 Å². The molecule has 0 aromatic heterocycles. The lowest BCUT2D eigenvalue weighted by atomic mass is 10.1. The fourth-order valence-corrected chi connectivity index (χ4v) is 1.22. The SMILES string of the molecule is O=[N+]([O-])c1cc(F)cc(C#CCCBr)c1O. The minimum absolute atomic E-state index is 0.0762. The fraction of sp³-hybridized carbons (Fsp3) is 0.200. The maximum absolute atomic E-state index is 13.0. The third-order valence-electron chi connectivity index (χ3n) is 1.69. The normalized spacial score (nSPS) is 9.38. The molecule has 0 heterocycles. The highest BCUT2D eigenvalue weighted by molar-refractivity contribution is 9.09. The van der Waals surface area contributed by atoms with Crippen molar-refractivity contribution in [1.82, 2.24) is 0 Å². The minimum atomic E-state index is -0.853. The molecule has 0 unspecified atom stereocenters. The first kappa shape index (κ1) is 12.5. The molecule has 0 atom stereocenters. The van der Waals surface area contributed by atoms with Gasteiger partial charge in [-0.05, 0) is 6.07 Å². The average Bonchev–Trinajstić information content (AvgIpc) is 2.22. The van der Waals surface area contributed by atoms with E-state index in [2.05, 4.69) is 27.8 Å². The van der Waals surface area contributed by atoms with Gasteiger partial charge in [-0.2, -0.15) is 0 Å². The number of phenols is 1. The van der Waals surface area contributed by atoms with Crippen LogP contribution in [-0.2, 0) is 0 Å². The summed E-state index contributed by atoms with van der Waals surface area (Å²) < 4.78 is 13.0. The van der Waals surface area contributed by atoms with Crippen LogP contribution < -0.4 is 0 Å². The predicted octanol–water partition coefficient (Wildman–Crippen LogP) is 2.58. The second-order valence-electron chi connectivity index (χ2n) is 2.82. The molecule has 1 aromatic carbocycles. The van der Waals surface area contributed by atoms with Crippen LogP contribution in [0.3, 0.4) is 0 Å². The van der Waals surface area contributed by atoms with Crippen LogP contribution in [0, 0.1) is 27.8 Å². The number of hydrogen-bond donors (Lipinski definition) is 1. The quantitative estimate of drug-likeness (QED) is 0.394. The molecule has 0 aliphatic carbocycles. The molecule has 0 aliphatic heterocycles. The molecule has 84 valence electrons. The van der Waals surface area contributed by atoms with E-state index in [0.29, 0.717) is 17.8 Å². The van der Waals surface area contributed by atoms with Crippen molar-refractivity contribution >= 4 is 21.6 Å². The van der Waals surface area contributed by atoms with Gasteiger partial charge in [-0.15, -0.1) is 0 Å². The molecule has 0 radical (unpaired) electrons. The zero-order valence-electron chi connectivity index (χ0n) is 8.04. The van der Waals surface area contributed by atoms with E-state index in [9.17, 15) is 19.6 Å². The summed E-state index contributed by atoms with van der Waals surface area (Å²) >= 11 is 3.15. The third kappa shape index (κ3) is 2.94. The Balaban J connectivity index is 3.21. The third-order valence-corrected chi connectivity index (χ3v) is 2.09. The molecule has 0 amide bonds. The van der Waals surface area contributed by atoms with Crippen molar-refractivity contribution in [2.24, 2.45) is 0 Å². The number of nitro benzene ring substituents is 1. The molecule has 0 bridgehead atoms. The summed E-state index contributed by atoms with van der Waals surface area (Å²) in [5.74, 6) is 3.71. The Morgan fingerprint density at radius 3 is 2.81 bits per heavy atom. The maximum atomic E-state index is 13.0. The number of aromatic hydroxyl groups is 1. The lowest BCUT2D eigenvalue weighted by molar-refractivity contribution is -0.386. The first-order valence-electron chi connectivity index (χ1n) is 4.28.